The first-order valence-corrected chi connectivity index (χ1v) is 8.51. The first kappa shape index (κ1) is 17.1. The van der Waals surface area contributed by atoms with Gasteiger partial charge in [-0.3, -0.25) is 0 Å². The fourth-order valence-electron chi connectivity index (χ4n) is 1.60. The molecule has 114 valence electrons. The van der Waals surface area contributed by atoms with Gasteiger partial charge in [-0.15, -0.1) is 0 Å². The fraction of sp³-hybridized carbons (Fsp3) is 0.600. The monoisotopic (exact) mass is 298 g/mol. The van der Waals surface area contributed by atoms with E-state index in [0.717, 1.165) is 18.5 Å². The van der Waals surface area contributed by atoms with Gasteiger partial charge >= 0.3 is 0 Å². The molecule has 0 aliphatic rings. The van der Waals surface area contributed by atoms with Gasteiger partial charge in [0.15, 0.2) is 0 Å². The lowest BCUT2D eigenvalue weighted by Crippen LogP contribution is -2.42. The predicted molar refractivity (Wildman–Crippen MR) is 83.1 cm³/mol. The van der Waals surface area contributed by atoms with Crippen LogP contribution in [0.2, 0.25) is 0 Å². The Kier molecular flexibility index (Phi) is 5.74. The van der Waals surface area contributed by atoms with Crippen LogP contribution < -0.4 is 10.0 Å². The zero-order valence-corrected chi connectivity index (χ0v) is 13.8. The quantitative estimate of drug-likeness (QED) is 0.813. The Morgan fingerprint density at radius 2 is 1.70 bits per heavy atom. The van der Waals surface area contributed by atoms with Crippen molar-refractivity contribution in [3.8, 4) is 0 Å². The summed E-state index contributed by atoms with van der Waals surface area (Å²) in [5.74, 6) is 0. The summed E-state index contributed by atoms with van der Waals surface area (Å²) in [6.07, 6.45) is 0.739. The Bertz CT molecular complexity index is 519. The van der Waals surface area contributed by atoms with Gasteiger partial charge in [-0.1, -0.05) is 32.9 Å². The van der Waals surface area contributed by atoms with E-state index in [1.165, 1.54) is 0 Å². The van der Waals surface area contributed by atoms with Crippen molar-refractivity contribution in [3.63, 3.8) is 0 Å². The Labute approximate surface area is 123 Å². The van der Waals surface area contributed by atoms with Crippen LogP contribution in [-0.2, 0) is 16.6 Å². The normalized spacial score (nSPS) is 12.9. The molecule has 2 N–H and O–H groups in total. The molecule has 1 aromatic carbocycles. The number of nitrogens with one attached hydrogen (secondary N) is 2. The van der Waals surface area contributed by atoms with Crippen molar-refractivity contribution in [2.45, 2.75) is 64.1 Å². The van der Waals surface area contributed by atoms with Crippen LogP contribution >= 0.6 is 0 Å². The summed E-state index contributed by atoms with van der Waals surface area (Å²) in [4.78, 5) is 0.312. The smallest absolute Gasteiger partial charge is 0.241 e. The minimum Gasteiger partial charge on any atom is -0.310 e. The van der Waals surface area contributed by atoms with Crippen molar-refractivity contribution in [1.82, 2.24) is 10.0 Å². The van der Waals surface area contributed by atoms with E-state index < -0.39 is 15.6 Å². The first-order valence-electron chi connectivity index (χ1n) is 7.02. The molecule has 1 rings (SSSR count). The lowest BCUT2D eigenvalue weighted by Gasteiger charge is -2.24. The van der Waals surface area contributed by atoms with Crippen LogP contribution in [-0.4, -0.2) is 20.0 Å². The molecule has 0 saturated heterocycles. The van der Waals surface area contributed by atoms with Gasteiger partial charge in [0.2, 0.25) is 10.0 Å². The molecule has 1 aromatic rings. The second-order valence-corrected chi connectivity index (χ2v) is 7.70. The molecular formula is C15H26N2O2S. The summed E-state index contributed by atoms with van der Waals surface area (Å²) in [5, 5.41) is 3.30. The maximum absolute atomic E-state index is 12.3. The molecule has 0 heterocycles. The van der Waals surface area contributed by atoms with Gasteiger partial charge < -0.3 is 5.32 Å². The van der Waals surface area contributed by atoms with Crippen LogP contribution in [0.3, 0.4) is 0 Å². The maximum atomic E-state index is 12.3. The van der Waals surface area contributed by atoms with E-state index >= 15 is 0 Å². The number of rotatable bonds is 7. The van der Waals surface area contributed by atoms with Gasteiger partial charge in [-0.25, -0.2) is 13.1 Å². The number of hydrogen-bond donors (Lipinski definition) is 2. The minimum atomic E-state index is -3.45. The molecule has 4 nitrogen and oxygen atoms in total. The van der Waals surface area contributed by atoms with Crippen molar-refractivity contribution in [3.05, 3.63) is 29.8 Å². The minimum absolute atomic E-state index is 0.312. The van der Waals surface area contributed by atoms with Crippen molar-refractivity contribution < 1.29 is 8.42 Å². The van der Waals surface area contributed by atoms with Crippen LogP contribution in [0, 0.1) is 0 Å². The predicted octanol–water partition coefficient (Wildman–Crippen LogP) is 2.65. The second-order valence-electron chi connectivity index (χ2n) is 6.02. The molecule has 20 heavy (non-hydrogen) atoms. The lowest BCUT2D eigenvalue weighted by molar-refractivity contribution is 0.439. The largest absolute Gasteiger partial charge is 0.310 e. The van der Waals surface area contributed by atoms with E-state index in [9.17, 15) is 8.42 Å². The average Bonchev–Trinajstić information content (AvgIpc) is 2.35. The van der Waals surface area contributed by atoms with Gasteiger partial charge in [0.25, 0.3) is 0 Å². The van der Waals surface area contributed by atoms with Crippen LogP contribution in [0.4, 0.5) is 0 Å². The van der Waals surface area contributed by atoms with Gasteiger partial charge in [0.1, 0.15) is 0 Å². The number of hydrogen-bond acceptors (Lipinski definition) is 3. The van der Waals surface area contributed by atoms with E-state index in [1.54, 1.807) is 12.1 Å². The molecule has 0 aliphatic carbocycles. The van der Waals surface area contributed by atoms with Crippen molar-refractivity contribution in [2.75, 3.05) is 0 Å². The van der Waals surface area contributed by atoms with Crippen LogP contribution in [0.5, 0.6) is 0 Å². The summed E-state index contributed by atoms with van der Waals surface area (Å²) in [6.45, 7) is 10.6. The SMILES string of the molecule is CCC(C)(C)NS(=O)(=O)c1ccc(CNC(C)C)cc1. The number of benzene rings is 1. The summed E-state index contributed by atoms with van der Waals surface area (Å²) in [6, 6.07) is 7.42. The first-order chi connectivity index (χ1) is 9.16. The molecule has 0 saturated carbocycles. The van der Waals surface area contributed by atoms with Gasteiger partial charge in [0.05, 0.1) is 4.90 Å². The van der Waals surface area contributed by atoms with Crippen LogP contribution in [0.1, 0.15) is 46.6 Å². The van der Waals surface area contributed by atoms with E-state index in [2.05, 4.69) is 23.9 Å². The van der Waals surface area contributed by atoms with E-state index in [1.807, 2.05) is 32.9 Å². The van der Waals surface area contributed by atoms with E-state index in [4.69, 9.17) is 0 Å². The third-order valence-electron chi connectivity index (χ3n) is 3.24. The third-order valence-corrected chi connectivity index (χ3v) is 4.96. The highest BCUT2D eigenvalue weighted by Crippen LogP contribution is 2.16. The van der Waals surface area contributed by atoms with Gasteiger partial charge in [-0.05, 0) is 38.0 Å². The van der Waals surface area contributed by atoms with Crippen LogP contribution in [0.25, 0.3) is 0 Å². The summed E-state index contributed by atoms with van der Waals surface area (Å²) >= 11 is 0. The molecule has 0 aliphatic heterocycles. The molecule has 0 spiro atoms. The molecule has 0 radical (unpaired) electrons. The third kappa shape index (κ3) is 5.23. The summed E-state index contributed by atoms with van der Waals surface area (Å²) in [5.41, 5.74) is 0.642. The average molecular weight is 298 g/mol. The van der Waals surface area contributed by atoms with Crippen molar-refractivity contribution in [1.29, 1.82) is 0 Å². The highest BCUT2D eigenvalue weighted by molar-refractivity contribution is 7.89. The highest BCUT2D eigenvalue weighted by atomic mass is 32.2. The Morgan fingerprint density at radius 1 is 1.15 bits per heavy atom. The molecular weight excluding hydrogens is 272 g/mol. The highest BCUT2D eigenvalue weighted by Gasteiger charge is 2.24. The van der Waals surface area contributed by atoms with E-state index in [-0.39, 0.29) is 0 Å². The zero-order valence-electron chi connectivity index (χ0n) is 13.0. The molecule has 0 bridgehead atoms. The zero-order chi connectivity index (χ0) is 15.4. The lowest BCUT2D eigenvalue weighted by atomic mass is 10.0. The number of sulfonamides is 1. The summed E-state index contributed by atoms with van der Waals surface area (Å²) in [7, 11) is -3.45. The van der Waals surface area contributed by atoms with Crippen molar-refractivity contribution >= 4 is 10.0 Å². The molecule has 0 amide bonds. The Hall–Kier alpha value is -0.910. The van der Waals surface area contributed by atoms with Crippen LogP contribution in [0.15, 0.2) is 29.2 Å². The second kappa shape index (κ2) is 6.70. The molecule has 0 aromatic heterocycles. The van der Waals surface area contributed by atoms with Gasteiger partial charge in [-0.2, -0.15) is 0 Å². The molecule has 0 atom stereocenters. The Balaban J connectivity index is 2.82. The Morgan fingerprint density at radius 3 is 2.15 bits per heavy atom. The topological polar surface area (TPSA) is 58.2 Å². The van der Waals surface area contributed by atoms with Crippen molar-refractivity contribution in [2.24, 2.45) is 0 Å². The van der Waals surface area contributed by atoms with Gasteiger partial charge in [0, 0.05) is 18.1 Å². The molecule has 5 heteroatoms. The standard InChI is InChI=1S/C15H26N2O2S/c1-6-15(4,5)17-20(18,19)14-9-7-13(8-10-14)11-16-12(2)3/h7-10,12,16-17H,6,11H2,1-5H3. The molecule has 0 fully saturated rings. The fourth-order valence-corrected chi connectivity index (χ4v) is 3.09. The summed E-state index contributed by atoms with van der Waals surface area (Å²) < 4.78 is 27.2. The maximum Gasteiger partial charge on any atom is 0.241 e. The molecule has 0 unspecified atom stereocenters. The van der Waals surface area contributed by atoms with E-state index in [0.29, 0.717) is 10.9 Å².